The van der Waals surface area contributed by atoms with Crippen LogP contribution in [0.1, 0.15) is 28.8 Å². The van der Waals surface area contributed by atoms with E-state index in [1.165, 1.54) is 0 Å². The van der Waals surface area contributed by atoms with Crippen molar-refractivity contribution in [3.63, 3.8) is 0 Å². The summed E-state index contributed by atoms with van der Waals surface area (Å²) in [5.74, 6) is -0.435. The number of hydrogen-bond donors (Lipinski definition) is 0. The van der Waals surface area contributed by atoms with Gasteiger partial charge in [-0.2, -0.15) is 10.2 Å². The molecule has 0 aliphatic carbocycles. The fourth-order valence-electron chi connectivity index (χ4n) is 3.13. The summed E-state index contributed by atoms with van der Waals surface area (Å²) in [7, 11) is 0. The number of nitrogens with zero attached hydrogens (tertiary/aromatic N) is 4. The number of aryl methyl sites for hydroxylation is 1. The number of carbonyl (C=O) groups excluding carboxylic acids is 1. The second-order valence-corrected chi connectivity index (χ2v) is 7.46. The predicted molar refractivity (Wildman–Crippen MR) is 113 cm³/mol. The van der Waals surface area contributed by atoms with Crippen molar-refractivity contribution in [1.29, 1.82) is 0 Å². The third-order valence-electron chi connectivity index (χ3n) is 4.52. The molecule has 0 bridgehead atoms. The standard InChI is InChI=1S/C21H18Cl2N4O2/c1-3-29-21(28)20-8-13(2)26(24-20)12-18-10-16(23)9-17-11-19(25-27(17)18)14-4-6-15(22)7-5-14/h4-11H,3,12H2,1-2H3. The molecule has 3 aromatic heterocycles. The van der Waals surface area contributed by atoms with Gasteiger partial charge in [0.1, 0.15) is 0 Å². The Bertz CT molecular complexity index is 1200. The van der Waals surface area contributed by atoms with Gasteiger partial charge >= 0.3 is 5.97 Å². The molecule has 4 aromatic rings. The zero-order chi connectivity index (χ0) is 20.5. The third kappa shape index (κ3) is 3.99. The summed E-state index contributed by atoms with van der Waals surface area (Å²) in [6.45, 7) is 4.37. The van der Waals surface area contributed by atoms with Gasteiger partial charge < -0.3 is 4.74 Å². The molecule has 4 rings (SSSR count). The van der Waals surface area contributed by atoms with Crippen LogP contribution in [0.15, 0.2) is 48.5 Å². The van der Waals surface area contributed by atoms with E-state index in [9.17, 15) is 4.79 Å². The van der Waals surface area contributed by atoms with Gasteiger partial charge in [0.25, 0.3) is 0 Å². The number of carbonyl (C=O) groups is 1. The molecule has 0 unspecified atom stereocenters. The summed E-state index contributed by atoms with van der Waals surface area (Å²) in [6, 6.07) is 14.9. The number of benzene rings is 1. The van der Waals surface area contributed by atoms with Gasteiger partial charge in [0.15, 0.2) is 5.69 Å². The number of halogens is 2. The molecule has 29 heavy (non-hydrogen) atoms. The van der Waals surface area contributed by atoms with Gasteiger partial charge in [-0.25, -0.2) is 9.31 Å². The van der Waals surface area contributed by atoms with Crippen LogP contribution in [-0.4, -0.2) is 32.0 Å². The predicted octanol–water partition coefficient (Wildman–Crippen LogP) is 5.04. The second kappa shape index (κ2) is 7.89. The highest BCUT2D eigenvalue weighted by Gasteiger charge is 2.15. The van der Waals surface area contributed by atoms with Crippen molar-refractivity contribution in [1.82, 2.24) is 19.4 Å². The molecule has 0 amide bonds. The van der Waals surface area contributed by atoms with Crippen LogP contribution >= 0.6 is 23.2 Å². The van der Waals surface area contributed by atoms with Crippen LogP contribution in [0.5, 0.6) is 0 Å². The Kier molecular flexibility index (Phi) is 5.30. The molecule has 0 aliphatic rings. The highest BCUT2D eigenvalue weighted by molar-refractivity contribution is 6.31. The average molecular weight is 429 g/mol. The summed E-state index contributed by atoms with van der Waals surface area (Å²) in [5, 5.41) is 10.4. The largest absolute Gasteiger partial charge is 0.461 e. The Morgan fingerprint density at radius 3 is 2.52 bits per heavy atom. The topological polar surface area (TPSA) is 61.4 Å². The lowest BCUT2D eigenvalue weighted by molar-refractivity contribution is 0.0518. The quantitative estimate of drug-likeness (QED) is 0.417. The van der Waals surface area contributed by atoms with E-state index in [4.69, 9.17) is 33.0 Å². The van der Waals surface area contributed by atoms with Crippen LogP contribution < -0.4 is 0 Å². The summed E-state index contributed by atoms with van der Waals surface area (Å²) in [5.41, 5.74) is 4.60. The van der Waals surface area contributed by atoms with Gasteiger partial charge in [-0.3, -0.25) is 4.68 Å². The average Bonchev–Trinajstić information content (AvgIpc) is 3.26. The minimum absolute atomic E-state index is 0.282. The Morgan fingerprint density at radius 1 is 1.03 bits per heavy atom. The number of ether oxygens (including phenoxy) is 1. The van der Waals surface area contributed by atoms with Crippen LogP contribution in [0, 0.1) is 6.92 Å². The first kappa shape index (κ1) is 19.5. The first-order valence-electron chi connectivity index (χ1n) is 9.10. The molecule has 0 saturated carbocycles. The molecule has 0 saturated heterocycles. The number of pyridine rings is 1. The summed E-state index contributed by atoms with van der Waals surface area (Å²) in [4.78, 5) is 12.0. The lowest BCUT2D eigenvalue weighted by Crippen LogP contribution is -2.11. The number of hydrogen-bond acceptors (Lipinski definition) is 4. The minimum Gasteiger partial charge on any atom is -0.461 e. The smallest absolute Gasteiger partial charge is 0.358 e. The first-order chi connectivity index (χ1) is 13.9. The van der Waals surface area contributed by atoms with Crippen molar-refractivity contribution < 1.29 is 9.53 Å². The molecule has 0 aliphatic heterocycles. The monoisotopic (exact) mass is 428 g/mol. The molecule has 0 radical (unpaired) electrons. The van der Waals surface area contributed by atoms with Crippen LogP contribution in [0.2, 0.25) is 10.0 Å². The maximum Gasteiger partial charge on any atom is 0.358 e. The molecule has 0 fully saturated rings. The highest BCUT2D eigenvalue weighted by atomic mass is 35.5. The molecule has 0 N–H and O–H groups in total. The fraction of sp³-hybridized carbons (Fsp3) is 0.190. The maximum absolute atomic E-state index is 12.0. The van der Waals surface area contributed by atoms with Gasteiger partial charge in [0, 0.05) is 21.3 Å². The molecule has 148 valence electrons. The number of aromatic nitrogens is 4. The van der Waals surface area contributed by atoms with Gasteiger partial charge in [0.05, 0.1) is 30.1 Å². The van der Waals surface area contributed by atoms with E-state index >= 15 is 0 Å². The summed E-state index contributed by atoms with van der Waals surface area (Å²) < 4.78 is 8.61. The molecule has 0 spiro atoms. The van der Waals surface area contributed by atoms with Gasteiger partial charge in [-0.15, -0.1) is 0 Å². The van der Waals surface area contributed by atoms with Crippen LogP contribution in [0.4, 0.5) is 0 Å². The maximum atomic E-state index is 12.0. The summed E-state index contributed by atoms with van der Waals surface area (Å²) in [6.07, 6.45) is 0. The number of esters is 1. The number of fused-ring (bicyclic) bond motifs is 1. The zero-order valence-electron chi connectivity index (χ0n) is 15.9. The summed E-state index contributed by atoms with van der Waals surface area (Å²) >= 11 is 12.3. The van der Waals surface area contributed by atoms with Crippen molar-refractivity contribution >= 4 is 34.7 Å². The van der Waals surface area contributed by atoms with Crippen molar-refractivity contribution in [2.24, 2.45) is 0 Å². The Hall–Kier alpha value is -2.83. The molecule has 0 atom stereocenters. The van der Waals surface area contributed by atoms with Crippen molar-refractivity contribution in [2.45, 2.75) is 20.4 Å². The van der Waals surface area contributed by atoms with Crippen LogP contribution in [0.25, 0.3) is 16.8 Å². The highest BCUT2D eigenvalue weighted by Crippen LogP contribution is 2.25. The van der Waals surface area contributed by atoms with Crippen molar-refractivity contribution in [3.8, 4) is 11.3 Å². The van der Waals surface area contributed by atoms with E-state index in [-0.39, 0.29) is 5.69 Å². The molecule has 6 nitrogen and oxygen atoms in total. The van der Waals surface area contributed by atoms with Crippen molar-refractivity contribution in [2.75, 3.05) is 6.61 Å². The Balaban J connectivity index is 1.72. The first-order valence-corrected chi connectivity index (χ1v) is 9.86. The van der Waals surface area contributed by atoms with Crippen LogP contribution in [-0.2, 0) is 11.3 Å². The normalized spacial score (nSPS) is 11.2. The lowest BCUT2D eigenvalue weighted by Gasteiger charge is -2.08. The molecular weight excluding hydrogens is 411 g/mol. The second-order valence-electron chi connectivity index (χ2n) is 6.59. The molecule has 8 heteroatoms. The molecule has 1 aromatic carbocycles. The van der Waals surface area contributed by atoms with E-state index in [0.717, 1.165) is 28.2 Å². The molecule has 3 heterocycles. The van der Waals surface area contributed by atoms with E-state index in [1.807, 2.05) is 53.9 Å². The van der Waals surface area contributed by atoms with E-state index in [0.29, 0.717) is 23.2 Å². The van der Waals surface area contributed by atoms with Gasteiger partial charge in [-0.05, 0) is 50.2 Å². The Labute approximate surface area is 177 Å². The molecular formula is C21H18Cl2N4O2. The van der Waals surface area contributed by atoms with Gasteiger partial charge in [-0.1, -0.05) is 35.3 Å². The Morgan fingerprint density at radius 2 is 1.79 bits per heavy atom. The van der Waals surface area contributed by atoms with Crippen molar-refractivity contribution in [3.05, 3.63) is 75.7 Å². The van der Waals surface area contributed by atoms with Crippen LogP contribution in [0.3, 0.4) is 0 Å². The van der Waals surface area contributed by atoms with E-state index in [1.54, 1.807) is 17.7 Å². The minimum atomic E-state index is -0.435. The number of rotatable bonds is 5. The third-order valence-corrected chi connectivity index (χ3v) is 4.99. The fourth-order valence-corrected chi connectivity index (χ4v) is 3.50. The van der Waals surface area contributed by atoms with Gasteiger partial charge in [0.2, 0.25) is 0 Å². The SMILES string of the molecule is CCOC(=O)c1cc(C)n(Cc2cc(Cl)cc3cc(-c4ccc(Cl)cc4)nn23)n1. The lowest BCUT2D eigenvalue weighted by atomic mass is 10.1. The van der Waals surface area contributed by atoms with E-state index < -0.39 is 5.97 Å². The zero-order valence-corrected chi connectivity index (χ0v) is 17.4. The van der Waals surface area contributed by atoms with E-state index in [2.05, 4.69) is 5.10 Å².